The SMILES string of the molecule is CS(=O)(=O)c1c(F)cc(CNO)c(F)c1F. The summed E-state index contributed by atoms with van der Waals surface area (Å²) in [4.78, 5) is -1.31. The average Bonchev–Trinajstić information content (AvgIpc) is 2.12. The number of halogens is 3. The molecule has 0 aliphatic heterocycles. The molecule has 0 spiro atoms. The monoisotopic (exact) mass is 255 g/mol. The molecule has 0 aromatic heterocycles. The van der Waals surface area contributed by atoms with E-state index >= 15 is 0 Å². The van der Waals surface area contributed by atoms with Gasteiger partial charge in [0.05, 0.1) is 0 Å². The second kappa shape index (κ2) is 4.40. The van der Waals surface area contributed by atoms with Crippen molar-refractivity contribution in [3.63, 3.8) is 0 Å². The molecule has 0 fully saturated rings. The number of benzene rings is 1. The molecule has 0 amide bonds. The molecule has 8 heteroatoms. The van der Waals surface area contributed by atoms with E-state index in [1.54, 1.807) is 0 Å². The van der Waals surface area contributed by atoms with Crippen molar-refractivity contribution < 1.29 is 26.8 Å². The first-order chi connectivity index (χ1) is 7.29. The van der Waals surface area contributed by atoms with E-state index in [0.717, 1.165) is 0 Å². The summed E-state index contributed by atoms with van der Waals surface area (Å²) >= 11 is 0. The third-order valence-electron chi connectivity index (χ3n) is 1.83. The smallest absolute Gasteiger partial charge is 0.181 e. The van der Waals surface area contributed by atoms with Gasteiger partial charge in [0.25, 0.3) is 0 Å². The maximum atomic E-state index is 13.2. The van der Waals surface area contributed by atoms with Crippen molar-refractivity contribution in [3.05, 3.63) is 29.1 Å². The Morgan fingerprint density at radius 2 is 1.88 bits per heavy atom. The third-order valence-corrected chi connectivity index (χ3v) is 2.95. The van der Waals surface area contributed by atoms with Crippen molar-refractivity contribution >= 4 is 9.84 Å². The number of hydrogen-bond donors (Lipinski definition) is 2. The molecule has 0 saturated heterocycles. The van der Waals surface area contributed by atoms with Crippen molar-refractivity contribution in [3.8, 4) is 0 Å². The van der Waals surface area contributed by atoms with Crippen LogP contribution in [-0.4, -0.2) is 19.9 Å². The fourth-order valence-electron chi connectivity index (χ4n) is 1.18. The first kappa shape index (κ1) is 12.9. The zero-order valence-electron chi connectivity index (χ0n) is 8.09. The molecule has 16 heavy (non-hydrogen) atoms. The maximum absolute atomic E-state index is 13.2. The Balaban J connectivity index is 3.53. The quantitative estimate of drug-likeness (QED) is 0.624. The van der Waals surface area contributed by atoms with E-state index in [9.17, 15) is 21.6 Å². The molecule has 0 unspecified atom stereocenters. The molecule has 1 aromatic carbocycles. The van der Waals surface area contributed by atoms with Crippen molar-refractivity contribution in [1.82, 2.24) is 5.48 Å². The highest BCUT2D eigenvalue weighted by Crippen LogP contribution is 2.24. The molecule has 0 heterocycles. The molecule has 1 rings (SSSR count). The van der Waals surface area contributed by atoms with Gasteiger partial charge < -0.3 is 5.21 Å². The second-order valence-corrected chi connectivity index (χ2v) is 5.03. The number of rotatable bonds is 3. The van der Waals surface area contributed by atoms with E-state index in [1.165, 1.54) is 5.48 Å². The zero-order valence-corrected chi connectivity index (χ0v) is 8.91. The van der Waals surface area contributed by atoms with Gasteiger partial charge in [0.1, 0.15) is 10.7 Å². The minimum absolute atomic E-state index is 0.509. The standard InChI is InChI=1S/C8H8F3NO3S/c1-16(14,15)8-5(9)2-4(3-12-13)6(10)7(8)11/h2,12-13H,3H2,1H3. The Hall–Kier alpha value is -1.12. The summed E-state index contributed by atoms with van der Waals surface area (Å²) in [6, 6.07) is 0.512. The minimum atomic E-state index is -4.19. The van der Waals surface area contributed by atoms with Crippen molar-refractivity contribution in [2.24, 2.45) is 0 Å². The molecule has 0 aliphatic carbocycles. The van der Waals surface area contributed by atoms with Gasteiger partial charge in [-0.1, -0.05) is 0 Å². The first-order valence-electron chi connectivity index (χ1n) is 4.02. The van der Waals surface area contributed by atoms with Gasteiger partial charge in [-0.2, -0.15) is 0 Å². The lowest BCUT2D eigenvalue weighted by Crippen LogP contribution is -2.13. The summed E-state index contributed by atoms with van der Waals surface area (Å²) in [5.41, 5.74) is 1.01. The van der Waals surface area contributed by atoms with E-state index in [2.05, 4.69) is 0 Å². The summed E-state index contributed by atoms with van der Waals surface area (Å²) < 4.78 is 61.6. The first-order valence-corrected chi connectivity index (χ1v) is 5.91. The maximum Gasteiger partial charge on any atom is 0.181 e. The lowest BCUT2D eigenvalue weighted by atomic mass is 10.2. The third kappa shape index (κ3) is 2.34. The molecular formula is C8H8F3NO3S. The van der Waals surface area contributed by atoms with Crippen LogP contribution >= 0.6 is 0 Å². The molecule has 0 radical (unpaired) electrons. The summed E-state index contributed by atoms with van der Waals surface area (Å²) in [7, 11) is -4.19. The Labute approximate surface area is 89.6 Å². The Morgan fingerprint density at radius 3 is 2.31 bits per heavy atom. The number of hydrogen-bond acceptors (Lipinski definition) is 4. The molecular weight excluding hydrogens is 247 g/mol. The highest BCUT2D eigenvalue weighted by molar-refractivity contribution is 7.90. The van der Waals surface area contributed by atoms with Gasteiger partial charge >= 0.3 is 0 Å². The van der Waals surface area contributed by atoms with Crippen LogP contribution in [0.5, 0.6) is 0 Å². The highest BCUT2D eigenvalue weighted by atomic mass is 32.2. The largest absolute Gasteiger partial charge is 0.316 e. The van der Waals surface area contributed by atoms with Crippen LogP contribution in [0, 0.1) is 17.5 Å². The van der Waals surface area contributed by atoms with Gasteiger partial charge in [-0.05, 0) is 6.07 Å². The van der Waals surface area contributed by atoms with E-state index < -0.39 is 44.3 Å². The Morgan fingerprint density at radius 1 is 1.31 bits per heavy atom. The van der Waals surface area contributed by atoms with Gasteiger partial charge in [-0.15, -0.1) is 0 Å². The zero-order chi connectivity index (χ0) is 12.5. The number of sulfone groups is 1. The van der Waals surface area contributed by atoms with E-state index in [-0.39, 0.29) is 0 Å². The summed E-state index contributed by atoms with van der Waals surface area (Å²) in [5.74, 6) is -4.69. The van der Waals surface area contributed by atoms with Crippen molar-refractivity contribution in [2.75, 3.05) is 6.26 Å². The summed E-state index contributed by atoms with van der Waals surface area (Å²) in [5, 5.41) is 8.28. The predicted octanol–water partition coefficient (Wildman–Crippen LogP) is 0.986. The molecule has 0 aliphatic rings. The fourth-order valence-corrected chi connectivity index (χ4v) is 2.01. The van der Waals surface area contributed by atoms with Gasteiger partial charge in [0.2, 0.25) is 0 Å². The van der Waals surface area contributed by atoms with Gasteiger partial charge in [0, 0.05) is 18.4 Å². The second-order valence-electron chi connectivity index (χ2n) is 3.08. The van der Waals surface area contributed by atoms with Gasteiger partial charge in [-0.3, -0.25) is 0 Å². The Kier molecular flexibility index (Phi) is 3.56. The van der Waals surface area contributed by atoms with Crippen LogP contribution in [-0.2, 0) is 16.4 Å². The minimum Gasteiger partial charge on any atom is -0.316 e. The fraction of sp³-hybridized carbons (Fsp3) is 0.250. The van der Waals surface area contributed by atoms with Crippen molar-refractivity contribution in [1.29, 1.82) is 0 Å². The van der Waals surface area contributed by atoms with Crippen LogP contribution in [0.1, 0.15) is 5.56 Å². The molecule has 0 atom stereocenters. The molecule has 0 saturated carbocycles. The Bertz CT molecular complexity index is 516. The normalized spacial score (nSPS) is 11.8. The molecule has 4 nitrogen and oxygen atoms in total. The lowest BCUT2D eigenvalue weighted by molar-refractivity contribution is 0.159. The molecule has 0 bridgehead atoms. The van der Waals surface area contributed by atoms with E-state index in [1.807, 2.05) is 0 Å². The molecule has 1 aromatic rings. The number of hydroxylamine groups is 1. The van der Waals surface area contributed by atoms with Crippen LogP contribution in [0.2, 0.25) is 0 Å². The van der Waals surface area contributed by atoms with Crippen LogP contribution < -0.4 is 5.48 Å². The van der Waals surface area contributed by atoms with E-state index in [4.69, 9.17) is 5.21 Å². The predicted molar refractivity (Wildman–Crippen MR) is 48.1 cm³/mol. The highest BCUT2D eigenvalue weighted by Gasteiger charge is 2.25. The van der Waals surface area contributed by atoms with Gasteiger partial charge in [-0.25, -0.2) is 27.1 Å². The van der Waals surface area contributed by atoms with Gasteiger partial charge in [0.15, 0.2) is 21.5 Å². The molecule has 2 N–H and O–H groups in total. The topological polar surface area (TPSA) is 66.4 Å². The molecule has 90 valence electrons. The number of nitrogens with one attached hydrogen (secondary N) is 1. The summed E-state index contributed by atoms with van der Waals surface area (Å²) in [6.07, 6.45) is 0.567. The van der Waals surface area contributed by atoms with Crippen LogP contribution in [0.4, 0.5) is 13.2 Å². The van der Waals surface area contributed by atoms with Crippen LogP contribution in [0.25, 0.3) is 0 Å². The lowest BCUT2D eigenvalue weighted by Gasteiger charge is -2.07. The van der Waals surface area contributed by atoms with Crippen LogP contribution in [0.15, 0.2) is 11.0 Å². The van der Waals surface area contributed by atoms with E-state index in [0.29, 0.717) is 12.3 Å². The average molecular weight is 255 g/mol. The summed E-state index contributed by atoms with van der Waals surface area (Å²) in [6.45, 7) is -0.538. The van der Waals surface area contributed by atoms with Crippen molar-refractivity contribution in [2.45, 2.75) is 11.4 Å². The van der Waals surface area contributed by atoms with Crippen LogP contribution in [0.3, 0.4) is 0 Å².